The van der Waals surface area contributed by atoms with Crippen molar-refractivity contribution in [3.63, 3.8) is 0 Å². The maximum Gasteiger partial charge on any atom is 0.241 e. The van der Waals surface area contributed by atoms with Crippen LogP contribution in [0.25, 0.3) is 0 Å². The van der Waals surface area contributed by atoms with Gasteiger partial charge in [0.15, 0.2) is 11.5 Å². The van der Waals surface area contributed by atoms with Crippen molar-refractivity contribution in [2.24, 2.45) is 7.05 Å². The Morgan fingerprint density at radius 2 is 2.10 bits per heavy atom. The number of nitrogen functional groups attached to an aromatic ring is 1. The molecule has 0 saturated carbocycles. The molecule has 0 fully saturated rings. The van der Waals surface area contributed by atoms with Gasteiger partial charge in [-0.3, -0.25) is 0 Å². The molecule has 0 saturated heterocycles. The van der Waals surface area contributed by atoms with E-state index in [0.717, 1.165) is 24.1 Å². The number of aliphatic hydroxyl groups is 1. The molecule has 114 valence electrons. The van der Waals surface area contributed by atoms with Gasteiger partial charge in [0.2, 0.25) is 5.88 Å². The van der Waals surface area contributed by atoms with Crippen LogP contribution in [0.4, 0.5) is 5.69 Å². The van der Waals surface area contributed by atoms with Gasteiger partial charge in [-0.1, -0.05) is 19.4 Å². The molecule has 0 aliphatic carbocycles. The largest absolute Gasteiger partial charge is 0.493 e. The first-order valence-corrected chi connectivity index (χ1v) is 6.87. The van der Waals surface area contributed by atoms with E-state index >= 15 is 0 Å². The molecule has 0 spiro atoms. The van der Waals surface area contributed by atoms with E-state index in [1.807, 2.05) is 0 Å². The third-order valence-corrected chi connectivity index (χ3v) is 3.21. The van der Waals surface area contributed by atoms with Gasteiger partial charge in [-0.05, 0) is 24.1 Å². The molecule has 1 aromatic heterocycles. The van der Waals surface area contributed by atoms with Gasteiger partial charge in [0.05, 0.1) is 19.4 Å². The molecule has 3 N–H and O–H groups in total. The van der Waals surface area contributed by atoms with E-state index in [4.69, 9.17) is 20.3 Å². The van der Waals surface area contributed by atoms with Crippen LogP contribution < -0.4 is 15.2 Å². The van der Waals surface area contributed by atoms with E-state index < -0.39 is 0 Å². The molecule has 6 nitrogen and oxygen atoms in total. The summed E-state index contributed by atoms with van der Waals surface area (Å²) in [5.74, 6) is 1.57. The van der Waals surface area contributed by atoms with Crippen molar-refractivity contribution < 1.29 is 14.6 Å². The Balaban J connectivity index is 2.34. The van der Waals surface area contributed by atoms with Gasteiger partial charge in [0, 0.05) is 7.05 Å². The van der Waals surface area contributed by atoms with E-state index in [1.165, 1.54) is 0 Å². The van der Waals surface area contributed by atoms with Crippen LogP contribution >= 0.6 is 0 Å². The van der Waals surface area contributed by atoms with Crippen molar-refractivity contribution in [1.29, 1.82) is 0 Å². The predicted molar refractivity (Wildman–Crippen MR) is 80.6 cm³/mol. The number of aliphatic hydroxyl groups excluding tert-OH is 1. The van der Waals surface area contributed by atoms with E-state index in [2.05, 4.69) is 12.0 Å². The lowest BCUT2D eigenvalue weighted by Crippen LogP contribution is -1.99. The van der Waals surface area contributed by atoms with Gasteiger partial charge < -0.3 is 20.3 Å². The molecule has 2 aromatic rings. The molecular formula is C15H21N3O3. The van der Waals surface area contributed by atoms with Gasteiger partial charge >= 0.3 is 0 Å². The minimum absolute atomic E-state index is 0.0505. The van der Waals surface area contributed by atoms with Crippen molar-refractivity contribution in [1.82, 2.24) is 9.78 Å². The predicted octanol–water partition coefficient (Wildman–Crippen LogP) is 2.25. The lowest BCUT2D eigenvalue weighted by atomic mass is 10.2. The Kier molecular flexibility index (Phi) is 4.70. The second-order valence-electron chi connectivity index (χ2n) is 4.78. The Hall–Kier alpha value is -2.21. The summed E-state index contributed by atoms with van der Waals surface area (Å²) in [6.45, 7) is 2.02. The van der Waals surface area contributed by atoms with Crippen LogP contribution in [-0.2, 0) is 20.1 Å². The first kappa shape index (κ1) is 15.2. The lowest BCUT2D eigenvalue weighted by Gasteiger charge is -2.11. The maximum atomic E-state index is 9.16. The number of benzene rings is 1. The molecule has 0 aliphatic heterocycles. The number of methoxy groups -OCH3 is 1. The summed E-state index contributed by atoms with van der Waals surface area (Å²) >= 11 is 0. The number of nitrogens with two attached hydrogens (primary N) is 1. The van der Waals surface area contributed by atoms with E-state index in [1.54, 1.807) is 37.0 Å². The molecule has 6 heteroatoms. The molecule has 0 amide bonds. The summed E-state index contributed by atoms with van der Waals surface area (Å²) in [5, 5.41) is 13.5. The Bertz CT molecular complexity index is 623. The van der Waals surface area contributed by atoms with Crippen molar-refractivity contribution in [3.05, 3.63) is 29.5 Å². The van der Waals surface area contributed by atoms with Crippen LogP contribution in [0.3, 0.4) is 0 Å². The minimum Gasteiger partial charge on any atom is -0.493 e. The van der Waals surface area contributed by atoms with Crippen LogP contribution in [-0.4, -0.2) is 22.0 Å². The van der Waals surface area contributed by atoms with E-state index in [-0.39, 0.29) is 6.61 Å². The van der Waals surface area contributed by atoms with Crippen LogP contribution in [0.2, 0.25) is 0 Å². The molecular weight excluding hydrogens is 270 g/mol. The molecule has 0 unspecified atom stereocenters. The van der Waals surface area contributed by atoms with Crippen LogP contribution in [0.5, 0.6) is 17.4 Å². The highest BCUT2D eigenvalue weighted by molar-refractivity contribution is 5.56. The summed E-state index contributed by atoms with van der Waals surface area (Å²) < 4.78 is 12.8. The maximum absolute atomic E-state index is 9.16. The number of anilines is 1. The molecule has 0 atom stereocenters. The number of aromatic nitrogens is 2. The summed E-state index contributed by atoms with van der Waals surface area (Å²) in [5.41, 5.74) is 8.23. The number of hydrogen-bond donors (Lipinski definition) is 2. The topological polar surface area (TPSA) is 82.5 Å². The zero-order valence-corrected chi connectivity index (χ0v) is 12.6. The first-order valence-electron chi connectivity index (χ1n) is 6.87. The SMILES string of the molecule is CCCc1nn(C)c(Oc2ccc(CO)cc2OC)c1N. The van der Waals surface area contributed by atoms with Gasteiger partial charge in [0.1, 0.15) is 5.69 Å². The standard InChI is InChI=1S/C15H21N3O3/c1-4-5-11-14(16)15(18(2)17-11)21-12-7-6-10(9-19)8-13(12)20-3/h6-8,19H,4-5,9,16H2,1-3H3. The van der Waals surface area contributed by atoms with Crippen LogP contribution in [0.15, 0.2) is 18.2 Å². The van der Waals surface area contributed by atoms with Gasteiger partial charge in [-0.25, -0.2) is 4.68 Å². The molecule has 0 aliphatic rings. The van der Waals surface area contributed by atoms with Gasteiger partial charge in [-0.15, -0.1) is 0 Å². The van der Waals surface area contributed by atoms with Gasteiger partial charge in [-0.2, -0.15) is 5.10 Å². The number of rotatable bonds is 6. The normalized spacial score (nSPS) is 10.7. The quantitative estimate of drug-likeness (QED) is 0.853. The number of hydrogen-bond acceptors (Lipinski definition) is 5. The fourth-order valence-electron chi connectivity index (χ4n) is 2.12. The molecule has 1 heterocycles. The third kappa shape index (κ3) is 3.11. The van der Waals surface area contributed by atoms with E-state index in [0.29, 0.717) is 23.1 Å². The van der Waals surface area contributed by atoms with Crippen molar-refractivity contribution >= 4 is 5.69 Å². The number of aryl methyl sites for hydroxylation is 2. The molecule has 0 radical (unpaired) electrons. The zero-order valence-electron chi connectivity index (χ0n) is 12.6. The van der Waals surface area contributed by atoms with Crippen LogP contribution in [0, 0.1) is 0 Å². The monoisotopic (exact) mass is 291 g/mol. The molecule has 21 heavy (non-hydrogen) atoms. The lowest BCUT2D eigenvalue weighted by molar-refractivity contribution is 0.280. The van der Waals surface area contributed by atoms with Gasteiger partial charge in [0.25, 0.3) is 0 Å². The molecule has 0 bridgehead atoms. The summed E-state index contributed by atoms with van der Waals surface area (Å²) in [4.78, 5) is 0. The average Bonchev–Trinajstić information content (AvgIpc) is 2.75. The van der Waals surface area contributed by atoms with Crippen molar-refractivity contribution in [2.75, 3.05) is 12.8 Å². The summed E-state index contributed by atoms with van der Waals surface area (Å²) in [7, 11) is 3.35. The highest BCUT2D eigenvalue weighted by atomic mass is 16.5. The van der Waals surface area contributed by atoms with Crippen LogP contribution in [0.1, 0.15) is 24.6 Å². The summed E-state index contributed by atoms with van der Waals surface area (Å²) in [6, 6.07) is 5.25. The highest BCUT2D eigenvalue weighted by Crippen LogP contribution is 2.36. The van der Waals surface area contributed by atoms with Crippen molar-refractivity contribution in [2.45, 2.75) is 26.4 Å². The fraction of sp³-hybridized carbons (Fsp3) is 0.400. The summed E-state index contributed by atoms with van der Waals surface area (Å²) in [6.07, 6.45) is 1.78. The Morgan fingerprint density at radius 1 is 1.33 bits per heavy atom. The Labute approximate surface area is 124 Å². The number of nitrogens with zero attached hydrogens (tertiary/aromatic N) is 2. The third-order valence-electron chi connectivity index (χ3n) is 3.21. The highest BCUT2D eigenvalue weighted by Gasteiger charge is 2.16. The van der Waals surface area contributed by atoms with Crippen molar-refractivity contribution in [3.8, 4) is 17.4 Å². The second-order valence-corrected chi connectivity index (χ2v) is 4.78. The fourth-order valence-corrected chi connectivity index (χ4v) is 2.12. The second kappa shape index (κ2) is 6.49. The van der Waals surface area contributed by atoms with E-state index in [9.17, 15) is 0 Å². The average molecular weight is 291 g/mol. The Morgan fingerprint density at radius 3 is 2.71 bits per heavy atom. The minimum atomic E-state index is -0.0505. The molecule has 2 rings (SSSR count). The first-order chi connectivity index (χ1) is 10.1. The molecule has 1 aromatic carbocycles. The number of ether oxygens (including phenoxy) is 2. The smallest absolute Gasteiger partial charge is 0.241 e. The zero-order chi connectivity index (χ0) is 15.4.